The molecule has 3 rings (SSSR count). The lowest BCUT2D eigenvalue weighted by molar-refractivity contribution is -0.0471. The van der Waals surface area contributed by atoms with Gasteiger partial charge < -0.3 is 25.4 Å². The van der Waals surface area contributed by atoms with Crippen molar-refractivity contribution in [2.75, 3.05) is 10.6 Å². The van der Waals surface area contributed by atoms with Crippen molar-refractivity contribution < 1.29 is 10.2 Å². The standard InChI is InChI=1S/C19H26N6O2/c1-12(2)25-11-21-16-17(20-10-14-7-5-4-6-8-14)23-19(24-18(16)25)22-13(3)9-15(26)27/h4-8,11-13,15,26-27H,9-10H2,1-3H3,(H2,20,22,23,24)/t13-/m1/s1. The molecule has 8 nitrogen and oxygen atoms in total. The van der Waals surface area contributed by atoms with Crippen LogP contribution >= 0.6 is 0 Å². The van der Waals surface area contributed by atoms with Crippen LogP contribution in [0.15, 0.2) is 36.7 Å². The van der Waals surface area contributed by atoms with Crippen LogP contribution in [-0.2, 0) is 6.54 Å². The normalized spacial score (nSPS) is 12.7. The van der Waals surface area contributed by atoms with Crippen LogP contribution in [0.3, 0.4) is 0 Å². The van der Waals surface area contributed by atoms with Crippen molar-refractivity contribution in [2.24, 2.45) is 0 Å². The van der Waals surface area contributed by atoms with Crippen LogP contribution in [0.25, 0.3) is 11.2 Å². The van der Waals surface area contributed by atoms with E-state index in [0.29, 0.717) is 23.8 Å². The quantitative estimate of drug-likeness (QED) is 0.451. The first-order valence-corrected chi connectivity index (χ1v) is 9.09. The van der Waals surface area contributed by atoms with Gasteiger partial charge in [-0.05, 0) is 26.3 Å². The van der Waals surface area contributed by atoms with Gasteiger partial charge in [0.1, 0.15) is 0 Å². The second-order valence-corrected chi connectivity index (χ2v) is 6.91. The van der Waals surface area contributed by atoms with E-state index in [-0.39, 0.29) is 18.5 Å². The molecule has 0 spiro atoms. The molecule has 3 aromatic rings. The van der Waals surface area contributed by atoms with E-state index in [2.05, 4.69) is 39.4 Å². The molecule has 0 amide bonds. The lowest BCUT2D eigenvalue weighted by atomic mass is 10.2. The van der Waals surface area contributed by atoms with Gasteiger partial charge in [0, 0.05) is 25.0 Å². The van der Waals surface area contributed by atoms with Gasteiger partial charge in [0.25, 0.3) is 0 Å². The van der Waals surface area contributed by atoms with Crippen molar-refractivity contribution in [3.63, 3.8) is 0 Å². The molecule has 27 heavy (non-hydrogen) atoms. The van der Waals surface area contributed by atoms with Gasteiger partial charge >= 0.3 is 0 Å². The molecular weight excluding hydrogens is 344 g/mol. The predicted octanol–water partition coefficient (Wildman–Crippen LogP) is 2.52. The number of nitrogens with one attached hydrogen (secondary N) is 2. The first-order valence-electron chi connectivity index (χ1n) is 9.09. The van der Waals surface area contributed by atoms with Crippen LogP contribution in [0.4, 0.5) is 11.8 Å². The number of rotatable bonds is 8. The van der Waals surface area contributed by atoms with E-state index < -0.39 is 6.29 Å². The first-order chi connectivity index (χ1) is 12.9. The number of benzene rings is 1. The fourth-order valence-electron chi connectivity index (χ4n) is 2.86. The topological polar surface area (TPSA) is 108 Å². The Kier molecular flexibility index (Phi) is 5.88. The first kappa shape index (κ1) is 19.1. The van der Waals surface area contributed by atoms with Gasteiger partial charge in [-0.2, -0.15) is 9.97 Å². The van der Waals surface area contributed by atoms with Crippen LogP contribution in [0.1, 0.15) is 38.8 Å². The molecule has 8 heteroatoms. The van der Waals surface area contributed by atoms with Crippen LogP contribution in [0, 0.1) is 0 Å². The largest absolute Gasteiger partial charge is 0.368 e. The van der Waals surface area contributed by atoms with Crippen molar-refractivity contribution in [3.8, 4) is 0 Å². The number of imidazole rings is 1. The maximum atomic E-state index is 9.17. The minimum absolute atomic E-state index is 0.178. The van der Waals surface area contributed by atoms with E-state index in [9.17, 15) is 0 Å². The summed E-state index contributed by atoms with van der Waals surface area (Å²) in [5.74, 6) is 1.07. The molecule has 144 valence electrons. The summed E-state index contributed by atoms with van der Waals surface area (Å²) in [5.41, 5.74) is 2.58. The van der Waals surface area contributed by atoms with Gasteiger partial charge in [-0.1, -0.05) is 30.3 Å². The Morgan fingerprint density at radius 2 is 1.81 bits per heavy atom. The van der Waals surface area contributed by atoms with Gasteiger partial charge in [0.2, 0.25) is 5.95 Å². The molecule has 0 unspecified atom stereocenters. The van der Waals surface area contributed by atoms with Crippen molar-refractivity contribution >= 4 is 22.9 Å². The number of aromatic nitrogens is 4. The summed E-state index contributed by atoms with van der Waals surface area (Å²) >= 11 is 0. The van der Waals surface area contributed by atoms with E-state index in [1.165, 1.54) is 0 Å². The molecular formula is C19H26N6O2. The molecule has 0 saturated carbocycles. The minimum Gasteiger partial charge on any atom is -0.368 e. The summed E-state index contributed by atoms with van der Waals surface area (Å²) in [7, 11) is 0. The van der Waals surface area contributed by atoms with Crippen LogP contribution in [0.5, 0.6) is 0 Å². The van der Waals surface area contributed by atoms with Crippen molar-refractivity contribution in [3.05, 3.63) is 42.2 Å². The zero-order chi connectivity index (χ0) is 19.4. The summed E-state index contributed by atoms with van der Waals surface area (Å²) in [6.45, 7) is 6.60. The van der Waals surface area contributed by atoms with Crippen LogP contribution in [-0.4, -0.2) is 42.1 Å². The highest BCUT2D eigenvalue weighted by atomic mass is 16.5. The molecule has 0 aliphatic rings. The third-order valence-electron chi connectivity index (χ3n) is 4.22. The highest BCUT2D eigenvalue weighted by Crippen LogP contribution is 2.24. The van der Waals surface area contributed by atoms with E-state index >= 15 is 0 Å². The number of hydrogen-bond donors (Lipinski definition) is 4. The highest BCUT2D eigenvalue weighted by molar-refractivity contribution is 5.84. The lowest BCUT2D eigenvalue weighted by Crippen LogP contribution is -2.23. The Bertz CT molecular complexity index is 879. The number of aliphatic hydroxyl groups excluding tert-OH is 1. The van der Waals surface area contributed by atoms with Crippen LogP contribution < -0.4 is 10.6 Å². The van der Waals surface area contributed by atoms with E-state index in [1.54, 1.807) is 6.33 Å². The maximum absolute atomic E-state index is 9.17. The van der Waals surface area contributed by atoms with Crippen LogP contribution in [0.2, 0.25) is 0 Å². The fourth-order valence-corrected chi connectivity index (χ4v) is 2.86. The SMILES string of the molecule is CC(C)n1cnc2c(NCc3ccccc3)nc(N[C@H](C)CC(O)O)nc21. The Morgan fingerprint density at radius 3 is 2.48 bits per heavy atom. The Hall–Kier alpha value is -2.71. The molecule has 2 aromatic heterocycles. The van der Waals surface area contributed by atoms with E-state index in [4.69, 9.17) is 10.2 Å². The molecule has 1 aromatic carbocycles. The summed E-state index contributed by atoms with van der Waals surface area (Å²) in [6.07, 6.45) is 0.563. The molecule has 1 atom stereocenters. The number of hydrogen-bond acceptors (Lipinski definition) is 7. The van der Waals surface area contributed by atoms with Crippen molar-refractivity contribution in [1.82, 2.24) is 19.5 Å². The summed E-state index contributed by atoms with van der Waals surface area (Å²) in [5, 5.41) is 24.8. The minimum atomic E-state index is -1.38. The fraction of sp³-hybridized carbons (Fsp3) is 0.421. The molecule has 0 saturated heterocycles. The Labute approximate surface area is 158 Å². The summed E-state index contributed by atoms with van der Waals surface area (Å²) in [4.78, 5) is 13.6. The molecule has 0 bridgehead atoms. The summed E-state index contributed by atoms with van der Waals surface area (Å²) < 4.78 is 1.99. The molecule has 0 fully saturated rings. The van der Waals surface area contributed by atoms with Gasteiger partial charge in [0.15, 0.2) is 23.3 Å². The Balaban J connectivity index is 1.92. The zero-order valence-corrected chi connectivity index (χ0v) is 15.8. The number of nitrogens with zero attached hydrogens (tertiary/aromatic N) is 4. The zero-order valence-electron chi connectivity index (χ0n) is 15.8. The molecule has 4 N–H and O–H groups in total. The average Bonchev–Trinajstić information content (AvgIpc) is 3.04. The number of fused-ring (bicyclic) bond motifs is 1. The monoisotopic (exact) mass is 370 g/mol. The predicted molar refractivity (Wildman–Crippen MR) is 105 cm³/mol. The van der Waals surface area contributed by atoms with Crippen molar-refractivity contribution in [1.29, 1.82) is 0 Å². The maximum Gasteiger partial charge on any atom is 0.226 e. The molecule has 0 aliphatic carbocycles. The van der Waals surface area contributed by atoms with Gasteiger partial charge in [-0.25, -0.2) is 4.98 Å². The molecule has 0 radical (unpaired) electrons. The highest BCUT2D eigenvalue weighted by Gasteiger charge is 2.16. The number of aliphatic hydroxyl groups is 2. The van der Waals surface area contributed by atoms with E-state index in [0.717, 1.165) is 11.2 Å². The summed E-state index contributed by atoms with van der Waals surface area (Å²) in [6, 6.07) is 10.1. The smallest absolute Gasteiger partial charge is 0.226 e. The van der Waals surface area contributed by atoms with Gasteiger partial charge in [-0.3, -0.25) is 0 Å². The van der Waals surface area contributed by atoms with E-state index in [1.807, 2.05) is 41.8 Å². The second-order valence-electron chi connectivity index (χ2n) is 6.91. The molecule has 2 heterocycles. The third kappa shape index (κ3) is 4.72. The third-order valence-corrected chi connectivity index (χ3v) is 4.22. The van der Waals surface area contributed by atoms with Gasteiger partial charge in [-0.15, -0.1) is 0 Å². The van der Waals surface area contributed by atoms with Gasteiger partial charge in [0.05, 0.1) is 6.33 Å². The second kappa shape index (κ2) is 8.32. The lowest BCUT2D eigenvalue weighted by Gasteiger charge is -2.16. The molecule has 0 aliphatic heterocycles. The average molecular weight is 370 g/mol. The number of anilines is 2. The Morgan fingerprint density at radius 1 is 1.07 bits per heavy atom. The van der Waals surface area contributed by atoms with Crippen molar-refractivity contribution in [2.45, 2.75) is 52.1 Å².